The first-order valence-electron chi connectivity index (χ1n) is 6.91. The number of rotatable bonds is 3. The van der Waals surface area contributed by atoms with Crippen molar-refractivity contribution in [1.82, 2.24) is 10.3 Å². The fourth-order valence-corrected chi connectivity index (χ4v) is 2.84. The summed E-state index contributed by atoms with van der Waals surface area (Å²) in [7, 11) is 0. The van der Waals surface area contributed by atoms with Gasteiger partial charge in [-0.3, -0.25) is 0 Å². The number of nitrogens with zero attached hydrogens (tertiary/aromatic N) is 2. The molecule has 0 saturated carbocycles. The highest BCUT2D eigenvalue weighted by Gasteiger charge is 2.25. The molecule has 98 valence electrons. The molecule has 2 fully saturated rings. The Morgan fingerprint density at radius 3 is 2.83 bits per heavy atom. The van der Waals surface area contributed by atoms with Crippen molar-refractivity contribution in [2.45, 2.75) is 31.3 Å². The maximum Gasteiger partial charge on any atom is 0.128 e. The number of hydrogen-bond acceptors (Lipinski definition) is 4. The third kappa shape index (κ3) is 2.82. The average molecular weight is 247 g/mol. The van der Waals surface area contributed by atoms with Gasteiger partial charge in [-0.25, -0.2) is 4.98 Å². The summed E-state index contributed by atoms with van der Waals surface area (Å²) in [6.45, 7) is 4.01. The highest BCUT2D eigenvalue weighted by Crippen LogP contribution is 2.18. The minimum atomic E-state index is 0.607. The van der Waals surface area contributed by atoms with E-state index in [4.69, 9.17) is 4.74 Å². The second-order valence-corrected chi connectivity index (χ2v) is 5.17. The van der Waals surface area contributed by atoms with Crippen LogP contribution >= 0.6 is 0 Å². The molecule has 2 aliphatic heterocycles. The summed E-state index contributed by atoms with van der Waals surface area (Å²) in [5.74, 6) is 1.11. The van der Waals surface area contributed by atoms with Crippen LogP contribution < -0.4 is 10.2 Å². The normalized spacial score (nSPS) is 25.6. The quantitative estimate of drug-likeness (QED) is 0.877. The van der Waals surface area contributed by atoms with E-state index in [1.807, 2.05) is 12.3 Å². The zero-order chi connectivity index (χ0) is 12.2. The van der Waals surface area contributed by atoms with E-state index in [2.05, 4.69) is 27.3 Å². The lowest BCUT2D eigenvalue weighted by Gasteiger charge is -2.26. The van der Waals surface area contributed by atoms with Crippen LogP contribution in [0.2, 0.25) is 0 Å². The molecule has 4 nitrogen and oxygen atoms in total. The minimum absolute atomic E-state index is 0.607. The molecule has 18 heavy (non-hydrogen) atoms. The van der Waals surface area contributed by atoms with Crippen molar-refractivity contribution in [3.05, 3.63) is 24.4 Å². The van der Waals surface area contributed by atoms with E-state index in [0.29, 0.717) is 12.1 Å². The Kier molecular flexibility index (Phi) is 3.76. The summed E-state index contributed by atoms with van der Waals surface area (Å²) < 4.78 is 5.39. The second-order valence-electron chi connectivity index (χ2n) is 5.17. The third-order valence-electron chi connectivity index (χ3n) is 3.85. The Labute approximate surface area is 108 Å². The fraction of sp³-hybridized carbons (Fsp3) is 0.643. The van der Waals surface area contributed by atoms with E-state index >= 15 is 0 Å². The van der Waals surface area contributed by atoms with Crippen molar-refractivity contribution < 1.29 is 4.74 Å². The zero-order valence-electron chi connectivity index (χ0n) is 10.7. The Hall–Kier alpha value is -1.13. The number of nitrogens with one attached hydrogen (secondary N) is 1. The Bertz CT molecular complexity index is 365. The fourth-order valence-electron chi connectivity index (χ4n) is 2.84. The van der Waals surface area contributed by atoms with E-state index in [1.165, 1.54) is 6.42 Å². The first-order valence-corrected chi connectivity index (χ1v) is 6.91. The largest absolute Gasteiger partial charge is 0.381 e. The van der Waals surface area contributed by atoms with Crippen LogP contribution in [0.4, 0.5) is 5.82 Å². The molecule has 1 N–H and O–H groups in total. The van der Waals surface area contributed by atoms with Gasteiger partial charge in [0.2, 0.25) is 0 Å². The van der Waals surface area contributed by atoms with Crippen LogP contribution in [0.1, 0.15) is 19.3 Å². The molecule has 1 aromatic heterocycles. The lowest BCUT2D eigenvalue weighted by atomic mass is 10.1. The van der Waals surface area contributed by atoms with Crippen molar-refractivity contribution in [3.63, 3.8) is 0 Å². The van der Waals surface area contributed by atoms with Crippen molar-refractivity contribution in [3.8, 4) is 0 Å². The number of hydrogen-bond donors (Lipinski definition) is 1. The van der Waals surface area contributed by atoms with Gasteiger partial charge in [0.25, 0.3) is 0 Å². The summed E-state index contributed by atoms with van der Waals surface area (Å²) in [5.41, 5.74) is 0. The first-order chi connectivity index (χ1) is 8.92. The van der Waals surface area contributed by atoms with Gasteiger partial charge in [-0.1, -0.05) is 6.07 Å². The molecule has 2 saturated heterocycles. The van der Waals surface area contributed by atoms with Gasteiger partial charge in [0, 0.05) is 44.6 Å². The van der Waals surface area contributed by atoms with Crippen LogP contribution in [0.3, 0.4) is 0 Å². The van der Waals surface area contributed by atoms with Crippen molar-refractivity contribution in [2.75, 3.05) is 31.2 Å². The highest BCUT2D eigenvalue weighted by molar-refractivity contribution is 5.39. The van der Waals surface area contributed by atoms with E-state index < -0.39 is 0 Å². The zero-order valence-corrected chi connectivity index (χ0v) is 10.7. The predicted octanol–water partition coefficient (Wildman–Crippen LogP) is 1.43. The van der Waals surface area contributed by atoms with Crippen LogP contribution in [-0.4, -0.2) is 43.4 Å². The molecule has 0 bridgehead atoms. The number of anilines is 1. The van der Waals surface area contributed by atoms with Crippen LogP contribution in [0.5, 0.6) is 0 Å². The molecule has 0 aromatic carbocycles. The number of ether oxygens (including phenoxy) is 1. The molecule has 3 rings (SSSR count). The van der Waals surface area contributed by atoms with Crippen LogP contribution in [0.15, 0.2) is 24.4 Å². The van der Waals surface area contributed by atoms with Gasteiger partial charge in [0.05, 0.1) is 0 Å². The number of aromatic nitrogens is 1. The molecule has 1 aromatic rings. The standard InChI is InChI=1S/C14H21N3O/c1-2-7-15-14(3-1)17-8-4-13(11-17)16-12-5-9-18-10-6-12/h1-3,7,12-13,16H,4-6,8-11H2. The lowest BCUT2D eigenvalue weighted by Crippen LogP contribution is -2.43. The Morgan fingerprint density at radius 1 is 1.17 bits per heavy atom. The topological polar surface area (TPSA) is 37.4 Å². The maximum atomic E-state index is 5.39. The van der Waals surface area contributed by atoms with Crippen molar-refractivity contribution in [2.24, 2.45) is 0 Å². The molecule has 0 aliphatic carbocycles. The van der Waals surface area contributed by atoms with Gasteiger partial charge in [0.1, 0.15) is 5.82 Å². The molecule has 3 heterocycles. The van der Waals surface area contributed by atoms with Crippen LogP contribution in [-0.2, 0) is 4.74 Å². The lowest BCUT2D eigenvalue weighted by molar-refractivity contribution is 0.0755. The van der Waals surface area contributed by atoms with E-state index in [-0.39, 0.29) is 0 Å². The first kappa shape index (κ1) is 11.9. The smallest absolute Gasteiger partial charge is 0.128 e. The monoisotopic (exact) mass is 247 g/mol. The molecule has 0 radical (unpaired) electrons. The van der Waals surface area contributed by atoms with Crippen molar-refractivity contribution in [1.29, 1.82) is 0 Å². The van der Waals surface area contributed by atoms with E-state index in [1.54, 1.807) is 0 Å². The summed E-state index contributed by atoms with van der Waals surface area (Å²) >= 11 is 0. The second kappa shape index (κ2) is 5.67. The summed E-state index contributed by atoms with van der Waals surface area (Å²) in [6.07, 6.45) is 5.39. The van der Waals surface area contributed by atoms with Gasteiger partial charge in [-0.2, -0.15) is 0 Å². The van der Waals surface area contributed by atoms with Gasteiger partial charge < -0.3 is 15.0 Å². The average Bonchev–Trinajstić information content (AvgIpc) is 2.89. The van der Waals surface area contributed by atoms with E-state index in [0.717, 1.165) is 45.0 Å². The number of pyridine rings is 1. The summed E-state index contributed by atoms with van der Waals surface area (Å²) in [5, 5.41) is 3.77. The minimum Gasteiger partial charge on any atom is -0.381 e. The molecule has 4 heteroatoms. The van der Waals surface area contributed by atoms with Gasteiger partial charge in [-0.05, 0) is 31.4 Å². The molecule has 0 spiro atoms. The SMILES string of the molecule is c1ccc(N2CCC(NC3CCOCC3)C2)nc1. The molecular formula is C14H21N3O. The molecule has 2 aliphatic rings. The van der Waals surface area contributed by atoms with E-state index in [9.17, 15) is 0 Å². The van der Waals surface area contributed by atoms with Crippen LogP contribution in [0, 0.1) is 0 Å². The maximum absolute atomic E-state index is 5.39. The van der Waals surface area contributed by atoms with Crippen molar-refractivity contribution >= 4 is 5.82 Å². The summed E-state index contributed by atoms with van der Waals surface area (Å²) in [4.78, 5) is 6.79. The van der Waals surface area contributed by atoms with Gasteiger partial charge in [-0.15, -0.1) is 0 Å². The highest BCUT2D eigenvalue weighted by atomic mass is 16.5. The Balaban J connectivity index is 1.52. The van der Waals surface area contributed by atoms with Crippen LogP contribution in [0.25, 0.3) is 0 Å². The molecule has 1 unspecified atom stereocenters. The van der Waals surface area contributed by atoms with Gasteiger partial charge in [0.15, 0.2) is 0 Å². The molecule has 1 atom stereocenters. The molecular weight excluding hydrogens is 226 g/mol. The summed E-state index contributed by atoms with van der Waals surface area (Å²) in [6, 6.07) is 7.37. The molecule has 0 amide bonds. The third-order valence-corrected chi connectivity index (χ3v) is 3.85. The van der Waals surface area contributed by atoms with Gasteiger partial charge >= 0.3 is 0 Å². The predicted molar refractivity (Wildman–Crippen MR) is 71.8 cm³/mol. The Morgan fingerprint density at radius 2 is 2.06 bits per heavy atom.